The maximum atomic E-state index is 13.0. The molecule has 0 radical (unpaired) electrons. The predicted octanol–water partition coefficient (Wildman–Crippen LogP) is 6.50. The SMILES string of the molecule is O=C(COC(=O)c1ccc2c(c1)C(=O)N(c1cccc(Cl)c1Cl)C2=O)c1ccc(-c2ccccc2)cc1. The first-order valence-corrected chi connectivity index (χ1v) is 11.9. The Morgan fingerprint density at radius 3 is 2.08 bits per heavy atom. The van der Waals surface area contributed by atoms with Crippen LogP contribution >= 0.6 is 23.2 Å². The smallest absolute Gasteiger partial charge is 0.338 e. The van der Waals surface area contributed by atoms with E-state index in [0.717, 1.165) is 16.0 Å². The van der Waals surface area contributed by atoms with Gasteiger partial charge < -0.3 is 4.74 Å². The van der Waals surface area contributed by atoms with E-state index >= 15 is 0 Å². The summed E-state index contributed by atoms with van der Waals surface area (Å²) >= 11 is 12.2. The molecular weight excluding hydrogens is 513 g/mol. The number of rotatable bonds is 6. The van der Waals surface area contributed by atoms with Gasteiger partial charge in [-0.05, 0) is 41.5 Å². The van der Waals surface area contributed by atoms with E-state index in [2.05, 4.69) is 0 Å². The Kier molecular flexibility index (Phi) is 6.61. The van der Waals surface area contributed by atoms with Crippen LogP contribution in [0.1, 0.15) is 41.4 Å². The Morgan fingerprint density at radius 2 is 1.35 bits per heavy atom. The average Bonchev–Trinajstić information content (AvgIpc) is 3.18. The van der Waals surface area contributed by atoms with Gasteiger partial charge in [0.25, 0.3) is 11.8 Å². The molecule has 1 heterocycles. The summed E-state index contributed by atoms with van der Waals surface area (Å²) in [6.45, 7) is -0.474. The topological polar surface area (TPSA) is 80.8 Å². The van der Waals surface area contributed by atoms with Crippen molar-refractivity contribution in [2.24, 2.45) is 0 Å². The number of hydrogen-bond donors (Lipinski definition) is 0. The molecule has 37 heavy (non-hydrogen) atoms. The van der Waals surface area contributed by atoms with Crippen molar-refractivity contribution in [1.82, 2.24) is 0 Å². The van der Waals surface area contributed by atoms with Gasteiger partial charge in [-0.25, -0.2) is 9.69 Å². The molecule has 0 aromatic heterocycles. The number of ether oxygens (including phenoxy) is 1. The van der Waals surface area contributed by atoms with Gasteiger partial charge in [0.15, 0.2) is 12.4 Å². The van der Waals surface area contributed by atoms with Crippen LogP contribution in [0.15, 0.2) is 91.0 Å². The molecule has 1 aliphatic rings. The van der Waals surface area contributed by atoms with Gasteiger partial charge in [0.05, 0.1) is 32.4 Å². The van der Waals surface area contributed by atoms with Gasteiger partial charge >= 0.3 is 5.97 Å². The zero-order chi connectivity index (χ0) is 26.1. The first-order chi connectivity index (χ1) is 17.8. The number of fused-ring (bicyclic) bond motifs is 1. The summed E-state index contributed by atoms with van der Waals surface area (Å²) in [4.78, 5) is 52.0. The molecule has 0 N–H and O–H groups in total. The number of nitrogens with zero attached hydrogens (tertiary/aromatic N) is 1. The summed E-state index contributed by atoms with van der Waals surface area (Å²) in [5.41, 5.74) is 2.70. The van der Waals surface area contributed by atoms with Gasteiger partial charge in [-0.1, -0.05) is 83.9 Å². The van der Waals surface area contributed by atoms with Gasteiger partial charge in [-0.3, -0.25) is 14.4 Å². The lowest BCUT2D eigenvalue weighted by Gasteiger charge is -2.15. The van der Waals surface area contributed by atoms with Crippen LogP contribution in [-0.2, 0) is 4.74 Å². The highest BCUT2D eigenvalue weighted by molar-refractivity contribution is 6.46. The van der Waals surface area contributed by atoms with Gasteiger partial charge in [0.2, 0.25) is 0 Å². The Hall–Kier alpha value is -4.26. The lowest BCUT2D eigenvalue weighted by Crippen LogP contribution is -2.29. The van der Waals surface area contributed by atoms with Crippen LogP contribution in [-0.4, -0.2) is 30.2 Å². The molecule has 2 amide bonds. The Morgan fingerprint density at radius 1 is 0.703 bits per heavy atom. The van der Waals surface area contributed by atoms with Gasteiger partial charge in [0, 0.05) is 5.56 Å². The summed E-state index contributed by atoms with van der Waals surface area (Å²) < 4.78 is 5.19. The van der Waals surface area contributed by atoms with E-state index in [1.54, 1.807) is 24.3 Å². The van der Waals surface area contributed by atoms with Crippen LogP contribution in [0.2, 0.25) is 10.0 Å². The summed E-state index contributed by atoms with van der Waals surface area (Å²) in [7, 11) is 0. The minimum Gasteiger partial charge on any atom is -0.454 e. The molecular formula is C29H17Cl2NO5. The van der Waals surface area contributed by atoms with Gasteiger partial charge in [-0.15, -0.1) is 0 Å². The number of Topliss-reactive ketones (excluding diaryl/α,β-unsaturated/α-hetero) is 1. The van der Waals surface area contributed by atoms with E-state index in [9.17, 15) is 19.2 Å². The van der Waals surface area contributed by atoms with E-state index in [1.807, 2.05) is 42.5 Å². The molecule has 0 spiro atoms. The summed E-state index contributed by atoms with van der Waals surface area (Å²) in [6.07, 6.45) is 0. The fourth-order valence-electron chi connectivity index (χ4n) is 4.03. The standard InChI is InChI=1S/C29H17Cl2NO5/c30-23-7-4-8-24(26(23)31)32-27(34)21-14-13-20(15-22(21)28(32)35)29(36)37-16-25(33)19-11-9-18(10-12-19)17-5-2-1-3-6-17/h1-15H,16H2. The van der Waals surface area contributed by atoms with Crippen LogP contribution in [0.25, 0.3) is 11.1 Å². The second kappa shape index (κ2) is 10.0. The minimum absolute atomic E-state index is 0.0262. The van der Waals surface area contributed by atoms with Crippen molar-refractivity contribution in [3.63, 3.8) is 0 Å². The van der Waals surface area contributed by atoms with Crippen LogP contribution in [0.5, 0.6) is 0 Å². The second-order valence-electron chi connectivity index (χ2n) is 8.22. The van der Waals surface area contributed by atoms with Crippen molar-refractivity contribution in [1.29, 1.82) is 0 Å². The Labute approximate surface area is 222 Å². The van der Waals surface area contributed by atoms with Crippen molar-refractivity contribution in [3.05, 3.63) is 123 Å². The first-order valence-electron chi connectivity index (χ1n) is 11.2. The van der Waals surface area contributed by atoms with E-state index in [0.29, 0.717) is 5.56 Å². The van der Waals surface area contributed by atoms with Crippen LogP contribution in [0.3, 0.4) is 0 Å². The summed E-state index contributed by atoms with van der Waals surface area (Å²) in [5.74, 6) is -2.40. The highest BCUT2D eigenvalue weighted by Crippen LogP contribution is 2.37. The van der Waals surface area contributed by atoms with Crippen LogP contribution < -0.4 is 4.90 Å². The highest BCUT2D eigenvalue weighted by atomic mass is 35.5. The number of esters is 1. The molecule has 0 bridgehead atoms. The number of halogens is 2. The molecule has 182 valence electrons. The summed E-state index contributed by atoms with van der Waals surface area (Å²) in [6, 6.07) is 25.4. The largest absolute Gasteiger partial charge is 0.454 e. The lowest BCUT2D eigenvalue weighted by atomic mass is 10.0. The molecule has 0 unspecified atom stereocenters. The third-order valence-electron chi connectivity index (χ3n) is 5.94. The number of hydrogen-bond acceptors (Lipinski definition) is 5. The number of ketones is 1. The lowest BCUT2D eigenvalue weighted by molar-refractivity contribution is 0.0474. The highest BCUT2D eigenvalue weighted by Gasteiger charge is 2.38. The van der Waals surface area contributed by atoms with Gasteiger partial charge in [0.1, 0.15) is 0 Å². The fourth-order valence-corrected chi connectivity index (χ4v) is 4.41. The maximum absolute atomic E-state index is 13.0. The minimum atomic E-state index is -0.795. The molecule has 8 heteroatoms. The van der Waals surface area contributed by atoms with Crippen molar-refractivity contribution in [3.8, 4) is 11.1 Å². The van der Waals surface area contributed by atoms with Crippen molar-refractivity contribution >= 4 is 52.5 Å². The predicted molar refractivity (Wildman–Crippen MR) is 141 cm³/mol. The maximum Gasteiger partial charge on any atom is 0.338 e. The first kappa shape index (κ1) is 24.4. The molecule has 4 aromatic carbocycles. The van der Waals surface area contributed by atoms with Gasteiger partial charge in [-0.2, -0.15) is 0 Å². The number of anilines is 1. The Balaban J connectivity index is 1.28. The molecule has 1 aliphatic heterocycles. The molecule has 0 atom stereocenters. The molecule has 5 rings (SSSR count). The van der Waals surface area contributed by atoms with E-state index in [1.165, 1.54) is 24.3 Å². The molecule has 6 nitrogen and oxygen atoms in total. The van der Waals surface area contributed by atoms with Crippen molar-refractivity contribution in [2.75, 3.05) is 11.5 Å². The van der Waals surface area contributed by atoms with E-state index in [4.69, 9.17) is 27.9 Å². The van der Waals surface area contributed by atoms with Crippen molar-refractivity contribution in [2.45, 2.75) is 0 Å². The number of imide groups is 1. The Bertz CT molecular complexity index is 1570. The molecule has 0 aliphatic carbocycles. The second-order valence-corrected chi connectivity index (χ2v) is 9.01. The monoisotopic (exact) mass is 529 g/mol. The number of carbonyl (C=O) groups is 4. The van der Waals surface area contributed by atoms with E-state index in [-0.39, 0.29) is 38.2 Å². The molecule has 0 saturated heterocycles. The van der Waals surface area contributed by atoms with Crippen LogP contribution in [0, 0.1) is 0 Å². The fraction of sp³-hybridized carbons (Fsp3) is 0.0345. The quantitative estimate of drug-likeness (QED) is 0.162. The van der Waals surface area contributed by atoms with E-state index < -0.39 is 24.4 Å². The zero-order valence-electron chi connectivity index (χ0n) is 19.1. The van der Waals surface area contributed by atoms with Crippen LogP contribution in [0.4, 0.5) is 5.69 Å². The summed E-state index contributed by atoms with van der Waals surface area (Å²) in [5, 5.41) is 0.257. The third kappa shape index (κ3) is 4.65. The molecule has 4 aromatic rings. The molecule has 0 saturated carbocycles. The molecule has 0 fully saturated rings. The number of amides is 2. The zero-order valence-corrected chi connectivity index (χ0v) is 20.6. The third-order valence-corrected chi connectivity index (χ3v) is 6.75. The number of carbonyl (C=O) groups excluding carboxylic acids is 4. The normalized spacial score (nSPS) is 12.4. The van der Waals surface area contributed by atoms with Crippen molar-refractivity contribution < 1.29 is 23.9 Å². The number of benzene rings is 4. The average molecular weight is 530 g/mol.